The van der Waals surface area contributed by atoms with E-state index in [2.05, 4.69) is 10.1 Å². The van der Waals surface area contributed by atoms with Crippen molar-refractivity contribution in [3.63, 3.8) is 0 Å². The van der Waals surface area contributed by atoms with Gasteiger partial charge in [0.05, 0.1) is 26.4 Å². The van der Waals surface area contributed by atoms with E-state index in [4.69, 9.17) is 18.9 Å². The molecule has 7 heteroatoms. The Morgan fingerprint density at radius 2 is 2.05 bits per heavy atom. The SMILES string of the molecule is COCc1nc(C2CCOCC2)nn1C[C@@H]1COCCO1. The molecule has 0 amide bonds. The number of hydrogen-bond acceptors (Lipinski definition) is 6. The Bertz CT molecular complexity index is 439. The minimum atomic E-state index is 0.0404. The van der Waals surface area contributed by atoms with Gasteiger partial charge in [0, 0.05) is 26.2 Å². The van der Waals surface area contributed by atoms with Gasteiger partial charge in [-0.15, -0.1) is 0 Å². The maximum atomic E-state index is 5.70. The summed E-state index contributed by atoms with van der Waals surface area (Å²) in [7, 11) is 1.67. The molecule has 1 aromatic heterocycles. The Morgan fingerprint density at radius 3 is 2.76 bits per heavy atom. The van der Waals surface area contributed by atoms with Crippen LogP contribution in [0.15, 0.2) is 0 Å². The maximum absolute atomic E-state index is 5.70. The van der Waals surface area contributed by atoms with Crippen LogP contribution in [0.2, 0.25) is 0 Å². The molecule has 0 unspecified atom stereocenters. The molecule has 2 saturated heterocycles. The number of hydrogen-bond donors (Lipinski definition) is 0. The molecule has 2 aliphatic rings. The zero-order valence-electron chi connectivity index (χ0n) is 12.5. The fourth-order valence-electron chi connectivity index (χ4n) is 2.74. The van der Waals surface area contributed by atoms with Crippen LogP contribution in [-0.2, 0) is 32.1 Å². The van der Waals surface area contributed by atoms with Gasteiger partial charge in [-0.25, -0.2) is 9.67 Å². The lowest BCUT2D eigenvalue weighted by Gasteiger charge is -2.23. The molecular formula is C14H23N3O4. The molecule has 3 rings (SSSR count). The quantitative estimate of drug-likeness (QED) is 0.798. The van der Waals surface area contributed by atoms with Crippen molar-refractivity contribution in [3.8, 4) is 0 Å². The smallest absolute Gasteiger partial charge is 0.154 e. The monoisotopic (exact) mass is 297 g/mol. The van der Waals surface area contributed by atoms with E-state index in [0.29, 0.717) is 38.9 Å². The van der Waals surface area contributed by atoms with E-state index >= 15 is 0 Å². The molecule has 0 bridgehead atoms. The molecule has 0 aliphatic carbocycles. The second-order valence-corrected chi connectivity index (χ2v) is 5.46. The van der Waals surface area contributed by atoms with Gasteiger partial charge in [0.1, 0.15) is 12.7 Å². The first kappa shape index (κ1) is 14.9. The Labute approximate surface area is 124 Å². The summed E-state index contributed by atoms with van der Waals surface area (Å²) in [5.74, 6) is 2.15. The molecule has 0 N–H and O–H groups in total. The molecule has 0 spiro atoms. The number of methoxy groups -OCH3 is 1. The van der Waals surface area contributed by atoms with E-state index in [9.17, 15) is 0 Å². The van der Waals surface area contributed by atoms with E-state index in [1.165, 1.54) is 0 Å². The van der Waals surface area contributed by atoms with Crippen molar-refractivity contribution in [3.05, 3.63) is 11.6 Å². The molecule has 2 fully saturated rings. The zero-order chi connectivity index (χ0) is 14.5. The average Bonchev–Trinajstić information content (AvgIpc) is 2.93. The summed E-state index contributed by atoms with van der Waals surface area (Å²) in [6.45, 7) is 4.63. The van der Waals surface area contributed by atoms with Crippen molar-refractivity contribution < 1.29 is 18.9 Å². The molecule has 0 radical (unpaired) electrons. The topological polar surface area (TPSA) is 67.6 Å². The lowest BCUT2D eigenvalue weighted by molar-refractivity contribution is -0.0951. The van der Waals surface area contributed by atoms with Gasteiger partial charge in [-0.2, -0.15) is 5.10 Å². The third kappa shape index (κ3) is 3.79. The van der Waals surface area contributed by atoms with Gasteiger partial charge >= 0.3 is 0 Å². The van der Waals surface area contributed by atoms with Crippen LogP contribution in [0, 0.1) is 0 Å². The highest BCUT2D eigenvalue weighted by atomic mass is 16.6. The van der Waals surface area contributed by atoms with E-state index in [1.807, 2.05) is 4.68 Å². The third-order valence-electron chi connectivity index (χ3n) is 3.89. The molecule has 21 heavy (non-hydrogen) atoms. The van der Waals surface area contributed by atoms with Crippen LogP contribution in [0.1, 0.15) is 30.4 Å². The fourth-order valence-corrected chi connectivity index (χ4v) is 2.74. The van der Waals surface area contributed by atoms with Crippen molar-refractivity contribution in [1.29, 1.82) is 0 Å². The maximum Gasteiger partial charge on any atom is 0.154 e. The van der Waals surface area contributed by atoms with Crippen LogP contribution in [0.5, 0.6) is 0 Å². The van der Waals surface area contributed by atoms with Crippen LogP contribution < -0.4 is 0 Å². The van der Waals surface area contributed by atoms with Crippen LogP contribution in [0.25, 0.3) is 0 Å². The summed E-state index contributed by atoms with van der Waals surface area (Å²) in [6.07, 6.45) is 2.01. The highest BCUT2D eigenvalue weighted by Gasteiger charge is 2.24. The summed E-state index contributed by atoms with van der Waals surface area (Å²) >= 11 is 0. The number of rotatable bonds is 5. The van der Waals surface area contributed by atoms with Gasteiger partial charge in [-0.05, 0) is 12.8 Å². The van der Waals surface area contributed by atoms with Crippen LogP contribution in [0.3, 0.4) is 0 Å². The molecule has 7 nitrogen and oxygen atoms in total. The third-order valence-corrected chi connectivity index (χ3v) is 3.89. The minimum Gasteiger partial charge on any atom is -0.381 e. The van der Waals surface area contributed by atoms with Gasteiger partial charge in [0.2, 0.25) is 0 Å². The lowest BCUT2D eigenvalue weighted by atomic mass is 10.00. The normalized spacial score (nSPS) is 24.3. The first-order chi connectivity index (χ1) is 10.4. The predicted molar refractivity (Wildman–Crippen MR) is 74.1 cm³/mol. The average molecular weight is 297 g/mol. The van der Waals surface area contributed by atoms with Crippen LogP contribution >= 0.6 is 0 Å². The summed E-state index contributed by atoms with van der Waals surface area (Å²) in [5, 5.41) is 4.68. The fraction of sp³-hybridized carbons (Fsp3) is 0.857. The van der Waals surface area contributed by atoms with Crippen LogP contribution in [-0.4, -0.2) is 61.0 Å². The van der Waals surface area contributed by atoms with Gasteiger partial charge in [0.15, 0.2) is 11.6 Å². The Kier molecular flexibility index (Phi) is 5.18. The summed E-state index contributed by atoms with van der Waals surface area (Å²) in [5.41, 5.74) is 0. The van der Waals surface area contributed by atoms with Crippen LogP contribution in [0.4, 0.5) is 0 Å². The van der Waals surface area contributed by atoms with Gasteiger partial charge in [-0.3, -0.25) is 0 Å². The van der Waals surface area contributed by atoms with Crippen molar-refractivity contribution in [1.82, 2.24) is 14.8 Å². The van der Waals surface area contributed by atoms with Crippen molar-refractivity contribution >= 4 is 0 Å². The molecular weight excluding hydrogens is 274 g/mol. The zero-order valence-corrected chi connectivity index (χ0v) is 12.5. The minimum absolute atomic E-state index is 0.0404. The second kappa shape index (κ2) is 7.31. The molecule has 2 aliphatic heterocycles. The summed E-state index contributed by atoms with van der Waals surface area (Å²) < 4.78 is 23.7. The number of ether oxygens (including phenoxy) is 4. The largest absolute Gasteiger partial charge is 0.381 e. The van der Waals surface area contributed by atoms with Gasteiger partial charge in [0.25, 0.3) is 0 Å². The number of aromatic nitrogens is 3. The molecule has 1 atom stereocenters. The molecule has 3 heterocycles. The molecule has 118 valence electrons. The summed E-state index contributed by atoms with van der Waals surface area (Å²) in [4.78, 5) is 4.66. The van der Waals surface area contributed by atoms with Crippen molar-refractivity contribution in [2.45, 2.75) is 38.0 Å². The van der Waals surface area contributed by atoms with E-state index in [-0.39, 0.29) is 6.10 Å². The Hall–Kier alpha value is -1.02. The first-order valence-corrected chi connectivity index (χ1v) is 7.56. The second-order valence-electron chi connectivity index (χ2n) is 5.46. The molecule has 0 saturated carbocycles. The molecule has 0 aromatic carbocycles. The molecule has 1 aromatic rings. The van der Waals surface area contributed by atoms with Crippen molar-refractivity contribution in [2.24, 2.45) is 0 Å². The highest BCUT2D eigenvalue weighted by molar-refractivity contribution is 5.00. The Balaban J connectivity index is 1.71. The first-order valence-electron chi connectivity index (χ1n) is 7.56. The number of nitrogens with zero attached hydrogens (tertiary/aromatic N) is 3. The van der Waals surface area contributed by atoms with Crippen molar-refractivity contribution in [2.75, 3.05) is 40.1 Å². The highest BCUT2D eigenvalue weighted by Crippen LogP contribution is 2.24. The van der Waals surface area contributed by atoms with E-state index in [1.54, 1.807) is 7.11 Å². The Morgan fingerprint density at radius 1 is 1.19 bits per heavy atom. The van der Waals surface area contributed by atoms with E-state index < -0.39 is 0 Å². The van der Waals surface area contributed by atoms with Gasteiger partial charge in [-0.1, -0.05) is 0 Å². The lowest BCUT2D eigenvalue weighted by Crippen LogP contribution is -2.33. The standard InChI is InChI=1S/C14H23N3O4/c1-18-10-13-15-14(11-2-4-19-5-3-11)16-17(13)8-12-9-20-6-7-21-12/h11-12H,2-10H2,1H3/t12-/m1/s1. The predicted octanol–water partition coefficient (Wildman–Crippen LogP) is 0.734. The van der Waals surface area contributed by atoms with E-state index in [0.717, 1.165) is 37.7 Å². The van der Waals surface area contributed by atoms with Gasteiger partial charge < -0.3 is 18.9 Å². The summed E-state index contributed by atoms with van der Waals surface area (Å²) in [6, 6.07) is 0.